The van der Waals surface area contributed by atoms with Crippen LogP contribution in [0, 0.1) is 0 Å². The fourth-order valence-corrected chi connectivity index (χ4v) is 4.21. The second-order valence-electron chi connectivity index (χ2n) is 7.01. The van der Waals surface area contributed by atoms with Crippen LogP contribution >= 0.6 is 11.3 Å². The van der Waals surface area contributed by atoms with Crippen LogP contribution < -0.4 is 10.6 Å². The van der Waals surface area contributed by atoms with Crippen molar-refractivity contribution in [3.05, 3.63) is 29.7 Å². The lowest BCUT2D eigenvalue weighted by Gasteiger charge is -2.30. The quantitative estimate of drug-likeness (QED) is 0.748. The van der Waals surface area contributed by atoms with Gasteiger partial charge in [0.25, 0.3) is 0 Å². The first-order chi connectivity index (χ1) is 12.1. The highest BCUT2D eigenvalue weighted by Crippen LogP contribution is 2.29. The SMILES string of the molecule is CC(C)c1cn2c(-c3cncc(N[C@@H]4CCCN[C@@H]4C)n3)cnc2s1. The summed E-state index contributed by atoms with van der Waals surface area (Å²) < 4.78 is 2.12. The molecule has 25 heavy (non-hydrogen) atoms. The third-order valence-electron chi connectivity index (χ3n) is 4.79. The highest BCUT2D eigenvalue weighted by molar-refractivity contribution is 7.17. The molecular weight excluding hydrogens is 332 g/mol. The molecule has 7 heteroatoms. The maximum atomic E-state index is 4.79. The van der Waals surface area contributed by atoms with Gasteiger partial charge in [-0.1, -0.05) is 13.8 Å². The van der Waals surface area contributed by atoms with Crippen LogP contribution in [0.2, 0.25) is 0 Å². The van der Waals surface area contributed by atoms with E-state index in [4.69, 9.17) is 4.98 Å². The van der Waals surface area contributed by atoms with E-state index in [0.29, 0.717) is 18.0 Å². The summed E-state index contributed by atoms with van der Waals surface area (Å²) >= 11 is 1.73. The van der Waals surface area contributed by atoms with E-state index in [2.05, 4.69) is 52.0 Å². The zero-order valence-corrected chi connectivity index (χ0v) is 15.7. The Balaban J connectivity index is 1.63. The average Bonchev–Trinajstić information content (AvgIpc) is 3.18. The van der Waals surface area contributed by atoms with Crippen molar-refractivity contribution < 1.29 is 0 Å². The highest BCUT2D eigenvalue weighted by Gasteiger charge is 2.21. The molecule has 1 aliphatic heterocycles. The van der Waals surface area contributed by atoms with Gasteiger partial charge in [-0.25, -0.2) is 9.97 Å². The van der Waals surface area contributed by atoms with Crippen molar-refractivity contribution in [1.82, 2.24) is 24.7 Å². The number of piperidine rings is 1. The van der Waals surface area contributed by atoms with E-state index in [1.54, 1.807) is 17.5 Å². The Kier molecular flexibility index (Phi) is 4.43. The van der Waals surface area contributed by atoms with Crippen LogP contribution in [0.25, 0.3) is 16.3 Å². The maximum Gasteiger partial charge on any atom is 0.194 e. The summed E-state index contributed by atoms with van der Waals surface area (Å²) in [5.41, 5.74) is 1.84. The first kappa shape index (κ1) is 16.5. The number of fused-ring (bicyclic) bond motifs is 1. The number of rotatable bonds is 4. The first-order valence-electron chi connectivity index (χ1n) is 8.91. The minimum atomic E-state index is 0.387. The Labute approximate surface area is 151 Å². The largest absolute Gasteiger partial charge is 0.364 e. The van der Waals surface area contributed by atoms with Crippen LogP contribution in [0.5, 0.6) is 0 Å². The summed E-state index contributed by atoms with van der Waals surface area (Å²) in [6.45, 7) is 7.71. The van der Waals surface area contributed by atoms with E-state index < -0.39 is 0 Å². The van der Waals surface area contributed by atoms with Crippen LogP contribution in [0.1, 0.15) is 44.4 Å². The minimum Gasteiger partial charge on any atom is -0.364 e. The molecule has 6 nitrogen and oxygen atoms in total. The van der Waals surface area contributed by atoms with E-state index >= 15 is 0 Å². The van der Waals surface area contributed by atoms with E-state index in [-0.39, 0.29) is 0 Å². The van der Waals surface area contributed by atoms with Crippen LogP contribution in [0.3, 0.4) is 0 Å². The number of nitrogens with one attached hydrogen (secondary N) is 2. The third-order valence-corrected chi connectivity index (χ3v) is 6.09. The summed E-state index contributed by atoms with van der Waals surface area (Å²) in [7, 11) is 0. The molecule has 0 spiro atoms. The molecule has 2 atom stereocenters. The average molecular weight is 356 g/mol. The molecule has 1 fully saturated rings. The van der Waals surface area contributed by atoms with Crippen molar-refractivity contribution in [2.24, 2.45) is 0 Å². The van der Waals surface area contributed by atoms with Gasteiger partial charge in [0, 0.05) is 23.2 Å². The Morgan fingerprint density at radius 3 is 3.00 bits per heavy atom. The molecule has 0 amide bonds. The van der Waals surface area contributed by atoms with Gasteiger partial charge in [0.05, 0.1) is 24.3 Å². The van der Waals surface area contributed by atoms with Crippen molar-refractivity contribution in [3.8, 4) is 11.4 Å². The summed E-state index contributed by atoms with van der Waals surface area (Å²) in [4.78, 5) is 16.1. The number of hydrogen-bond donors (Lipinski definition) is 2. The molecular formula is C18H24N6S. The number of aromatic nitrogens is 4. The van der Waals surface area contributed by atoms with Crippen molar-refractivity contribution in [2.75, 3.05) is 11.9 Å². The normalized spacial score (nSPS) is 21.1. The molecule has 0 saturated carbocycles. The number of anilines is 1. The van der Waals surface area contributed by atoms with Gasteiger partial charge in [0.1, 0.15) is 11.5 Å². The van der Waals surface area contributed by atoms with E-state index in [1.807, 2.05) is 12.4 Å². The lowest BCUT2D eigenvalue weighted by Crippen LogP contribution is -2.46. The minimum absolute atomic E-state index is 0.387. The second kappa shape index (κ2) is 6.72. The zero-order chi connectivity index (χ0) is 17.4. The fraction of sp³-hybridized carbons (Fsp3) is 0.500. The third kappa shape index (κ3) is 3.26. The van der Waals surface area contributed by atoms with Crippen molar-refractivity contribution >= 4 is 22.1 Å². The molecule has 132 valence electrons. The number of nitrogens with zero attached hydrogens (tertiary/aromatic N) is 4. The Morgan fingerprint density at radius 2 is 2.20 bits per heavy atom. The molecule has 4 rings (SSSR count). The monoisotopic (exact) mass is 356 g/mol. The molecule has 0 bridgehead atoms. The molecule has 1 aliphatic rings. The van der Waals surface area contributed by atoms with Gasteiger partial charge < -0.3 is 10.6 Å². The standard InChI is InChI=1S/C18H24N6S/c1-11(2)16-10-24-15(8-21-18(24)25-16)14-7-19-9-17(23-14)22-13-5-4-6-20-12(13)3/h7-13,20H,4-6H2,1-3H3,(H,22,23)/t12-,13-/m1/s1. The fourth-order valence-electron chi connectivity index (χ4n) is 3.25. The summed E-state index contributed by atoms with van der Waals surface area (Å²) in [5, 5.41) is 7.05. The van der Waals surface area contributed by atoms with Gasteiger partial charge in [0.15, 0.2) is 4.96 Å². The lowest BCUT2D eigenvalue weighted by atomic mass is 10.00. The van der Waals surface area contributed by atoms with Crippen LogP contribution in [0.4, 0.5) is 5.82 Å². The maximum absolute atomic E-state index is 4.79. The zero-order valence-electron chi connectivity index (χ0n) is 14.9. The van der Waals surface area contributed by atoms with Crippen LogP contribution in [-0.2, 0) is 0 Å². The van der Waals surface area contributed by atoms with Gasteiger partial charge in [-0.3, -0.25) is 9.38 Å². The molecule has 3 aromatic rings. The van der Waals surface area contributed by atoms with Gasteiger partial charge in [-0.15, -0.1) is 11.3 Å². The molecule has 0 unspecified atom stereocenters. The number of imidazole rings is 1. The van der Waals surface area contributed by atoms with E-state index in [9.17, 15) is 0 Å². The molecule has 4 heterocycles. The molecule has 0 aromatic carbocycles. The van der Waals surface area contributed by atoms with Crippen LogP contribution in [0.15, 0.2) is 24.8 Å². The Hall–Kier alpha value is -1.99. The Bertz CT molecular complexity index is 867. The molecule has 3 aromatic heterocycles. The smallest absolute Gasteiger partial charge is 0.194 e. The molecule has 0 aliphatic carbocycles. The predicted octanol–water partition coefficient (Wildman–Crippen LogP) is 3.53. The van der Waals surface area contributed by atoms with Gasteiger partial charge in [-0.2, -0.15) is 0 Å². The van der Waals surface area contributed by atoms with Crippen molar-refractivity contribution in [2.45, 2.75) is 51.6 Å². The first-order valence-corrected chi connectivity index (χ1v) is 9.72. The van der Waals surface area contributed by atoms with Gasteiger partial charge in [0.2, 0.25) is 0 Å². The highest BCUT2D eigenvalue weighted by atomic mass is 32.1. The molecule has 1 saturated heterocycles. The number of thiazole rings is 1. The van der Waals surface area contributed by atoms with Crippen LogP contribution in [-0.4, -0.2) is 38.0 Å². The topological polar surface area (TPSA) is 67.1 Å². The van der Waals surface area contributed by atoms with Crippen molar-refractivity contribution in [1.29, 1.82) is 0 Å². The van der Waals surface area contributed by atoms with Gasteiger partial charge >= 0.3 is 0 Å². The summed E-state index contributed by atoms with van der Waals surface area (Å²) in [6.07, 6.45) is 10.0. The van der Waals surface area contributed by atoms with E-state index in [1.165, 1.54) is 11.3 Å². The number of hydrogen-bond acceptors (Lipinski definition) is 6. The molecule has 0 radical (unpaired) electrons. The van der Waals surface area contributed by atoms with Gasteiger partial charge in [-0.05, 0) is 32.2 Å². The summed E-state index contributed by atoms with van der Waals surface area (Å²) in [6, 6.07) is 0.823. The lowest BCUT2D eigenvalue weighted by molar-refractivity contribution is 0.388. The Morgan fingerprint density at radius 1 is 1.32 bits per heavy atom. The van der Waals surface area contributed by atoms with E-state index in [0.717, 1.165) is 35.1 Å². The predicted molar refractivity (Wildman–Crippen MR) is 102 cm³/mol. The summed E-state index contributed by atoms with van der Waals surface area (Å²) in [5.74, 6) is 1.33. The van der Waals surface area contributed by atoms with Crippen molar-refractivity contribution in [3.63, 3.8) is 0 Å². The molecule has 2 N–H and O–H groups in total. The second-order valence-corrected chi connectivity index (χ2v) is 8.05.